The summed E-state index contributed by atoms with van der Waals surface area (Å²) in [5, 5.41) is 4.31. The van der Waals surface area contributed by atoms with Gasteiger partial charge in [-0.05, 0) is 18.6 Å². The fraction of sp³-hybridized carbons (Fsp3) is 0.200. The lowest BCUT2D eigenvalue weighted by atomic mass is 10.2. The Morgan fingerprint density at radius 1 is 1.00 bits per heavy atom. The molecule has 2 heterocycles. The van der Waals surface area contributed by atoms with Crippen molar-refractivity contribution in [3.8, 4) is 5.69 Å². The van der Waals surface area contributed by atoms with Gasteiger partial charge in [0.05, 0.1) is 6.20 Å². The van der Waals surface area contributed by atoms with Crippen LogP contribution in [0.3, 0.4) is 0 Å². The average Bonchev–Trinajstić information content (AvgIpc) is 2.93. The minimum Gasteiger partial charge on any atom is -0.237 e. The predicted molar refractivity (Wildman–Crippen MR) is 74.8 cm³/mol. The Morgan fingerprint density at radius 2 is 1.59 bits per heavy atom. The van der Waals surface area contributed by atoms with Crippen molar-refractivity contribution in [3.05, 3.63) is 53.4 Å². The minimum atomic E-state index is -1.52. The van der Waals surface area contributed by atoms with Gasteiger partial charge in [0.25, 0.3) is 0 Å². The molecule has 116 valence electrons. The van der Waals surface area contributed by atoms with Crippen molar-refractivity contribution in [2.24, 2.45) is 0 Å². The molecule has 0 saturated carbocycles. The van der Waals surface area contributed by atoms with Crippen LogP contribution in [-0.4, -0.2) is 14.8 Å². The summed E-state index contributed by atoms with van der Waals surface area (Å²) in [6, 6.07) is 1.84. The Labute approximate surface area is 124 Å². The normalized spacial score (nSPS) is 10.5. The summed E-state index contributed by atoms with van der Waals surface area (Å²) in [6.07, 6.45) is 2.75. The lowest BCUT2D eigenvalue weighted by Gasteiger charge is -2.07. The lowest BCUT2D eigenvalue weighted by Crippen LogP contribution is -2.08. The van der Waals surface area contributed by atoms with Gasteiger partial charge in [0.2, 0.25) is 0 Å². The van der Waals surface area contributed by atoms with E-state index >= 15 is 0 Å². The molecule has 0 unspecified atom stereocenters. The highest BCUT2D eigenvalue weighted by Gasteiger charge is 2.23. The molecule has 0 saturated heterocycles. The zero-order valence-corrected chi connectivity index (χ0v) is 12.2. The number of aromatic nitrogens is 3. The fourth-order valence-corrected chi connectivity index (χ4v) is 1.96. The number of nitrogens with zero attached hydrogens (tertiary/aromatic N) is 3. The van der Waals surface area contributed by atoms with Gasteiger partial charge in [-0.2, -0.15) is 5.10 Å². The Balaban J connectivity index is 0.000000847. The molecule has 0 spiro atoms. The van der Waals surface area contributed by atoms with Gasteiger partial charge < -0.3 is 0 Å². The third-order valence-electron chi connectivity index (χ3n) is 2.99. The molecule has 2 aromatic heterocycles. The highest BCUT2D eigenvalue weighted by Crippen LogP contribution is 2.26. The predicted octanol–water partition coefficient (Wildman–Crippen LogP) is 4.31. The molecule has 0 amide bonds. The van der Waals surface area contributed by atoms with Gasteiger partial charge >= 0.3 is 0 Å². The number of fused-ring (bicyclic) bond motifs is 1. The highest BCUT2D eigenvalue weighted by molar-refractivity contribution is 5.79. The quantitative estimate of drug-likeness (QED) is 0.495. The van der Waals surface area contributed by atoms with E-state index in [1.165, 1.54) is 12.4 Å². The first-order valence-corrected chi connectivity index (χ1v) is 6.63. The highest BCUT2D eigenvalue weighted by atomic mass is 19.2. The molecule has 0 aliphatic carbocycles. The summed E-state index contributed by atoms with van der Waals surface area (Å²) in [5.41, 5.74) is -0.0256. The first kappa shape index (κ1) is 15.9. The van der Waals surface area contributed by atoms with Gasteiger partial charge in [-0.3, -0.25) is 0 Å². The smallest absolute Gasteiger partial charge is 0.187 e. The first-order valence-electron chi connectivity index (χ1n) is 6.63. The monoisotopic (exact) mass is 311 g/mol. The van der Waals surface area contributed by atoms with Crippen molar-refractivity contribution >= 4 is 11.0 Å². The molecule has 1 aromatic carbocycles. The van der Waals surface area contributed by atoms with Gasteiger partial charge in [0.1, 0.15) is 5.69 Å². The largest absolute Gasteiger partial charge is 0.237 e. The average molecular weight is 311 g/mol. The number of pyridine rings is 1. The second kappa shape index (κ2) is 6.13. The second-order valence-corrected chi connectivity index (χ2v) is 4.24. The van der Waals surface area contributed by atoms with Crippen LogP contribution in [-0.2, 0) is 0 Å². The van der Waals surface area contributed by atoms with E-state index in [0.29, 0.717) is 5.39 Å². The van der Waals surface area contributed by atoms with E-state index in [0.717, 1.165) is 10.2 Å². The molecular weight excluding hydrogens is 298 g/mol. The number of hydrogen-bond donors (Lipinski definition) is 0. The molecule has 3 aromatic rings. The number of aryl methyl sites for hydroxylation is 1. The zero-order chi connectivity index (χ0) is 16.4. The van der Waals surface area contributed by atoms with Crippen LogP contribution in [0.2, 0.25) is 0 Å². The van der Waals surface area contributed by atoms with Crippen LogP contribution in [0, 0.1) is 30.2 Å². The summed E-state index contributed by atoms with van der Waals surface area (Å²) in [7, 11) is 0. The zero-order valence-electron chi connectivity index (χ0n) is 12.2. The van der Waals surface area contributed by atoms with E-state index in [4.69, 9.17) is 0 Å². The van der Waals surface area contributed by atoms with Gasteiger partial charge in [-0.15, -0.1) is 0 Å². The Kier molecular flexibility index (Phi) is 4.44. The number of halogens is 4. The molecular formula is C15H13F4N3. The second-order valence-electron chi connectivity index (χ2n) is 4.24. The van der Waals surface area contributed by atoms with Crippen molar-refractivity contribution in [2.45, 2.75) is 20.8 Å². The van der Waals surface area contributed by atoms with Crippen LogP contribution < -0.4 is 0 Å². The maximum atomic E-state index is 13.8. The molecule has 0 aliphatic heterocycles. The van der Waals surface area contributed by atoms with Gasteiger partial charge in [-0.1, -0.05) is 13.8 Å². The molecule has 0 fully saturated rings. The number of hydrogen-bond acceptors (Lipinski definition) is 2. The topological polar surface area (TPSA) is 30.7 Å². The Hall–Kier alpha value is -2.44. The van der Waals surface area contributed by atoms with Crippen molar-refractivity contribution < 1.29 is 17.6 Å². The van der Waals surface area contributed by atoms with Crippen LogP contribution in [0.5, 0.6) is 0 Å². The lowest BCUT2D eigenvalue weighted by molar-refractivity contribution is 0.445. The molecule has 0 bridgehead atoms. The minimum absolute atomic E-state index is 0.118. The van der Waals surface area contributed by atoms with Crippen LogP contribution in [0.4, 0.5) is 17.6 Å². The maximum absolute atomic E-state index is 13.8. The molecule has 0 atom stereocenters. The molecule has 0 N–H and O–H groups in total. The van der Waals surface area contributed by atoms with E-state index in [9.17, 15) is 17.6 Å². The van der Waals surface area contributed by atoms with Crippen molar-refractivity contribution in [1.82, 2.24) is 14.8 Å². The standard InChI is InChI=1S/C13H7F4N3.C2H6/c1-6-2-3-18-13-7(6)5-19-20(13)12-10(16)8(14)4-9(15)11(12)17;1-2/h2-5H,1H3;1-2H3. The summed E-state index contributed by atoms with van der Waals surface area (Å²) in [6.45, 7) is 5.76. The third-order valence-corrected chi connectivity index (χ3v) is 2.99. The Morgan fingerprint density at radius 3 is 2.18 bits per heavy atom. The number of benzene rings is 1. The van der Waals surface area contributed by atoms with Gasteiger partial charge in [-0.25, -0.2) is 27.2 Å². The van der Waals surface area contributed by atoms with Crippen LogP contribution >= 0.6 is 0 Å². The summed E-state index contributed by atoms with van der Waals surface area (Å²) in [4.78, 5) is 3.94. The Bertz CT molecular complexity index is 801. The van der Waals surface area contributed by atoms with Crippen LogP contribution in [0.25, 0.3) is 16.7 Å². The molecule has 0 radical (unpaired) electrons. The SMILES string of the molecule is CC.Cc1ccnc2c1cnn2-c1c(F)c(F)cc(F)c1F. The fourth-order valence-electron chi connectivity index (χ4n) is 1.96. The summed E-state index contributed by atoms with van der Waals surface area (Å²) in [5.74, 6) is -6.01. The van der Waals surface area contributed by atoms with E-state index < -0.39 is 29.0 Å². The van der Waals surface area contributed by atoms with Gasteiger partial charge in [0.15, 0.2) is 28.9 Å². The van der Waals surface area contributed by atoms with Crippen LogP contribution in [0.1, 0.15) is 19.4 Å². The molecule has 0 aliphatic rings. The molecule has 3 nitrogen and oxygen atoms in total. The third kappa shape index (κ3) is 2.43. The van der Waals surface area contributed by atoms with Crippen molar-refractivity contribution in [1.29, 1.82) is 0 Å². The number of rotatable bonds is 1. The van der Waals surface area contributed by atoms with E-state index in [2.05, 4.69) is 10.1 Å². The summed E-state index contributed by atoms with van der Waals surface area (Å²) < 4.78 is 54.8. The van der Waals surface area contributed by atoms with E-state index in [1.54, 1.807) is 13.0 Å². The van der Waals surface area contributed by atoms with Crippen molar-refractivity contribution in [3.63, 3.8) is 0 Å². The molecule has 22 heavy (non-hydrogen) atoms. The van der Waals surface area contributed by atoms with Crippen LogP contribution in [0.15, 0.2) is 24.5 Å². The summed E-state index contributed by atoms with van der Waals surface area (Å²) >= 11 is 0. The molecule has 7 heteroatoms. The van der Waals surface area contributed by atoms with Crippen molar-refractivity contribution in [2.75, 3.05) is 0 Å². The first-order chi connectivity index (χ1) is 10.5. The molecule has 3 rings (SSSR count). The van der Waals surface area contributed by atoms with E-state index in [-0.39, 0.29) is 11.7 Å². The van der Waals surface area contributed by atoms with E-state index in [1.807, 2.05) is 13.8 Å². The maximum Gasteiger partial charge on any atom is 0.187 e. The van der Waals surface area contributed by atoms with Gasteiger partial charge in [0, 0.05) is 17.6 Å².